The third kappa shape index (κ3) is 4.31. The molecule has 2 rings (SSSR count). The minimum Gasteiger partial charge on any atom is -0.206 e. The molecule has 0 N–H and O–H groups in total. The predicted molar refractivity (Wildman–Crippen MR) is 50.4 cm³/mol. The van der Waals surface area contributed by atoms with Crippen LogP contribution in [0.15, 0.2) is 42.5 Å². The molecule has 0 saturated heterocycles. The smallest absolute Gasteiger partial charge is 0.159 e. The second kappa shape index (κ2) is 5.86. The third-order valence-electron chi connectivity index (χ3n) is 1.44. The summed E-state index contributed by atoms with van der Waals surface area (Å²) in [5.74, 6) is -1.99. The molecule has 0 bridgehead atoms. The van der Waals surface area contributed by atoms with E-state index >= 15 is 0 Å². The van der Waals surface area contributed by atoms with E-state index in [9.17, 15) is 13.2 Å². The second-order valence-corrected chi connectivity index (χ2v) is 2.55. The van der Waals surface area contributed by atoms with Crippen LogP contribution >= 0.6 is 0 Å². The number of hydrogen-bond donors (Lipinski definition) is 0. The minimum absolute atomic E-state index is 0.303. The summed E-state index contributed by atoms with van der Waals surface area (Å²) in [6, 6.07) is 14.3. The van der Waals surface area contributed by atoms with Crippen molar-refractivity contribution >= 4 is 0 Å². The Morgan fingerprint density at radius 3 is 2.00 bits per heavy atom. The molecular weight excluding hydrogens is 201 g/mol. The van der Waals surface area contributed by atoms with Crippen LogP contribution in [-0.4, -0.2) is 0 Å². The summed E-state index contributed by atoms with van der Waals surface area (Å²) in [5.41, 5.74) is 0. The number of rotatable bonds is 0. The molecule has 0 spiro atoms. The number of halogens is 3. The summed E-state index contributed by atoms with van der Waals surface area (Å²) in [6.07, 6.45) is 0. The van der Waals surface area contributed by atoms with Crippen LogP contribution in [0.2, 0.25) is 0 Å². The van der Waals surface area contributed by atoms with Gasteiger partial charge in [-0.3, -0.25) is 0 Å². The van der Waals surface area contributed by atoms with Crippen molar-refractivity contribution in [3.63, 3.8) is 0 Å². The van der Waals surface area contributed by atoms with Crippen LogP contribution in [0.4, 0.5) is 13.2 Å². The predicted octanol–water partition coefficient (Wildman–Crippen LogP) is 3.39. The van der Waals surface area contributed by atoms with Crippen molar-refractivity contribution in [3.8, 4) is 0 Å². The Labute approximate surface area is 86.0 Å². The molecule has 2 aromatic rings. The van der Waals surface area contributed by atoms with Gasteiger partial charge in [0.15, 0.2) is 11.6 Å². The third-order valence-corrected chi connectivity index (χ3v) is 1.44. The maximum absolute atomic E-state index is 11.9. The van der Waals surface area contributed by atoms with Crippen molar-refractivity contribution < 1.29 is 13.2 Å². The zero-order chi connectivity index (χ0) is 11.1. The monoisotopic (exact) mass is 208 g/mol. The van der Waals surface area contributed by atoms with Gasteiger partial charge in [-0.05, 0) is 24.3 Å². The van der Waals surface area contributed by atoms with E-state index in [2.05, 4.69) is 12.1 Å². The summed E-state index contributed by atoms with van der Waals surface area (Å²) in [7, 11) is 0. The highest BCUT2D eigenvalue weighted by molar-refractivity contribution is 5.03. The fraction of sp³-hybridized carbons (Fsp3) is 0. The lowest BCUT2D eigenvalue weighted by molar-refractivity contribution is 0.508. The van der Waals surface area contributed by atoms with E-state index in [4.69, 9.17) is 0 Å². The molecule has 0 aliphatic carbocycles. The maximum atomic E-state index is 11.9. The Balaban J connectivity index is 0.000000151. The molecule has 0 heterocycles. The Morgan fingerprint density at radius 1 is 0.867 bits per heavy atom. The Morgan fingerprint density at radius 2 is 1.67 bits per heavy atom. The first-order valence-corrected chi connectivity index (χ1v) is 4.13. The molecule has 0 amide bonds. The molecular formula is C12H7F3. The molecule has 0 aliphatic heterocycles. The molecule has 0 aromatic heterocycles. The van der Waals surface area contributed by atoms with E-state index in [1.165, 1.54) is 18.2 Å². The Kier molecular flexibility index (Phi) is 4.41. The fourth-order valence-corrected chi connectivity index (χ4v) is 0.763. The van der Waals surface area contributed by atoms with Gasteiger partial charge in [-0.25, -0.2) is 13.2 Å². The lowest BCUT2D eigenvalue weighted by Crippen LogP contribution is -1.78. The molecule has 0 unspecified atom stereocenters. The van der Waals surface area contributed by atoms with E-state index in [0.717, 1.165) is 12.1 Å². The topological polar surface area (TPSA) is 0 Å². The van der Waals surface area contributed by atoms with Gasteiger partial charge in [0.05, 0.1) is 0 Å². The number of benzene rings is 2. The zero-order valence-corrected chi connectivity index (χ0v) is 7.68. The lowest BCUT2D eigenvalue weighted by atomic mass is 10.3. The minimum atomic E-state index is -0.854. The van der Waals surface area contributed by atoms with Gasteiger partial charge in [0, 0.05) is 6.07 Å². The van der Waals surface area contributed by atoms with Gasteiger partial charge >= 0.3 is 0 Å². The summed E-state index contributed by atoms with van der Waals surface area (Å²) in [4.78, 5) is 0. The molecule has 0 atom stereocenters. The molecule has 0 fully saturated rings. The first-order chi connectivity index (χ1) is 7.20. The van der Waals surface area contributed by atoms with Crippen LogP contribution in [0, 0.1) is 29.6 Å². The molecule has 0 saturated carbocycles. The molecule has 0 nitrogen and oxygen atoms in total. The van der Waals surface area contributed by atoms with Gasteiger partial charge in [-0.1, -0.05) is 24.3 Å². The largest absolute Gasteiger partial charge is 0.206 e. The number of hydrogen-bond acceptors (Lipinski definition) is 0. The van der Waals surface area contributed by atoms with Crippen LogP contribution in [0.1, 0.15) is 0 Å². The van der Waals surface area contributed by atoms with Crippen molar-refractivity contribution in [2.24, 2.45) is 0 Å². The van der Waals surface area contributed by atoms with Crippen LogP contribution in [0.25, 0.3) is 0 Å². The summed E-state index contributed by atoms with van der Waals surface area (Å²) >= 11 is 0. The Bertz CT molecular complexity index is 378. The summed E-state index contributed by atoms with van der Waals surface area (Å²) in [5, 5.41) is 0. The van der Waals surface area contributed by atoms with E-state index in [1.807, 2.05) is 0 Å². The van der Waals surface area contributed by atoms with Crippen LogP contribution in [-0.2, 0) is 0 Å². The van der Waals surface area contributed by atoms with Crippen molar-refractivity contribution in [1.82, 2.24) is 0 Å². The molecule has 2 aromatic carbocycles. The zero-order valence-electron chi connectivity index (χ0n) is 7.68. The van der Waals surface area contributed by atoms with E-state index in [1.54, 1.807) is 12.1 Å². The van der Waals surface area contributed by atoms with Gasteiger partial charge in [-0.2, -0.15) is 0 Å². The van der Waals surface area contributed by atoms with Crippen LogP contribution in [0.3, 0.4) is 0 Å². The normalized spacial score (nSPS) is 9.00. The first-order valence-electron chi connectivity index (χ1n) is 4.13. The molecule has 3 heteroatoms. The SMILES string of the molecule is Fc1[c]cccc1.Fc1c[c]ccc1F. The molecule has 0 aliphatic rings. The van der Waals surface area contributed by atoms with Crippen LogP contribution in [0.5, 0.6) is 0 Å². The summed E-state index contributed by atoms with van der Waals surface area (Å²) < 4.78 is 35.7. The fourth-order valence-electron chi connectivity index (χ4n) is 0.763. The van der Waals surface area contributed by atoms with Crippen molar-refractivity contribution in [1.29, 1.82) is 0 Å². The van der Waals surface area contributed by atoms with E-state index in [0.29, 0.717) is 0 Å². The maximum Gasteiger partial charge on any atom is 0.159 e. The first kappa shape index (κ1) is 11.3. The van der Waals surface area contributed by atoms with Gasteiger partial charge in [0.2, 0.25) is 0 Å². The molecule has 76 valence electrons. The highest BCUT2D eigenvalue weighted by Crippen LogP contribution is 2.00. The van der Waals surface area contributed by atoms with Crippen molar-refractivity contribution in [2.75, 3.05) is 0 Å². The van der Waals surface area contributed by atoms with E-state index < -0.39 is 11.6 Å². The second-order valence-electron chi connectivity index (χ2n) is 2.55. The average molecular weight is 208 g/mol. The van der Waals surface area contributed by atoms with Gasteiger partial charge in [0.1, 0.15) is 5.82 Å². The summed E-state index contributed by atoms with van der Waals surface area (Å²) in [6.45, 7) is 0. The standard InChI is InChI=1S/C6H3F2.C6H4F/c7-5-3-1-2-4-6(5)8;7-6-4-2-1-3-5-6/h1,3-4H;1-4H. The lowest BCUT2D eigenvalue weighted by Gasteiger charge is -1.84. The average Bonchev–Trinajstić information content (AvgIpc) is 2.25. The highest BCUT2D eigenvalue weighted by Gasteiger charge is 1.93. The van der Waals surface area contributed by atoms with E-state index in [-0.39, 0.29) is 5.82 Å². The molecule has 2 radical (unpaired) electrons. The van der Waals surface area contributed by atoms with Gasteiger partial charge in [0.25, 0.3) is 0 Å². The quantitative estimate of drug-likeness (QED) is 0.622. The van der Waals surface area contributed by atoms with Gasteiger partial charge in [-0.15, -0.1) is 0 Å². The highest BCUT2D eigenvalue weighted by atomic mass is 19.2. The van der Waals surface area contributed by atoms with Crippen molar-refractivity contribution in [3.05, 3.63) is 72.0 Å². The van der Waals surface area contributed by atoms with Crippen molar-refractivity contribution in [2.45, 2.75) is 0 Å². The molecule has 15 heavy (non-hydrogen) atoms. The Hall–Kier alpha value is -1.77. The van der Waals surface area contributed by atoms with Gasteiger partial charge < -0.3 is 0 Å². The van der Waals surface area contributed by atoms with Crippen LogP contribution < -0.4 is 0 Å².